The van der Waals surface area contributed by atoms with Crippen LogP contribution in [0.25, 0.3) is 0 Å². The number of para-hydroxylation sites is 1. The van der Waals surface area contributed by atoms with Crippen LogP contribution in [-0.2, 0) is 29.1 Å². The van der Waals surface area contributed by atoms with Gasteiger partial charge in [-0.15, -0.1) is 0 Å². The van der Waals surface area contributed by atoms with Crippen LogP contribution in [0.15, 0.2) is 40.9 Å². The zero-order valence-corrected chi connectivity index (χ0v) is 14.3. The third kappa shape index (κ3) is 3.92. The minimum Gasteiger partial charge on any atom is -0.419 e. The van der Waals surface area contributed by atoms with Crippen molar-refractivity contribution >= 4 is 27.6 Å². The van der Waals surface area contributed by atoms with Crippen LogP contribution in [0.1, 0.15) is 20.8 Å². The number of carbonyl (C=O) groups excluding carboxylic acids is 2. The van der Waals surface area contributed by atoms with E-state index in [4.69, 9.17) is 9.47 Å². The molecule has 0 amide bonds. The van der Waals surface area contributed by atoms with E-state index >= 15 is 0 Å². The van der Waals surface area contributed by atoms with E-state index in [1.165, 1.54) is 26.0 Å². The molecule has 0 spiro atoms. The minimum atomic E-state index is -3.71. The first-order chi connectivity index (χ1) is 11.2. The van der Waals surface area contributed by atoms with E-state index in [1.807, 2.05) is 0 Å². The second-order valence-electron chi connectivity index (χ2n) is 5.38. The fraction of sp³-hybridized carbons (Fsp3) is 0.333. The normalized spacial score (nSPS) is 17.0. The van der Waals surface area contributed by atoms with E-state index in [9.17, 15) is 18.0 Å². The molecule has 1 heterocycles. The van der Waals surface area contributed by atoms with Crippen LogP contribution in [0.4, 0.5) is 5.69 Å². The molecule has 2 rings (SSSR count). The van der Waals surface area contributed by atoms with E-state index in [2.05, 4.69) is 10.0 Å². The van der Waals surface area contributed by atoms with Gasteiger partial charge in [0.2, 0.25) is 10.0 Å². The third-order valence-electron chi connectivity index (χ3n) is 3.00. The molecule has 130 valence electrons. The van der Waals surface area contributed by atoms with Gasteiger partial charge in [-0.05, 0) is 12.1 Å². The molecule has 1 aromatic rings. The van der Waals surface area contributed by atoms with Crippen molar-refractivity contribution < 1.29 is 27.5 Å². The number of esters is 2. The van der Waals surface area contributed by atoms with Gasteiger partial charge in [0.15, 0.2) is 5.57 Å². The SMILES string of the molecule is CCNS(=O)(=O)c1ccccc1NC=C1C(=O)OC(C)(C)OC1=O. The summed E-state index contributed by atoms with van der Waals surface area (Å²) in [5.41, 5.74) is -0.152. The van der Waals surface area contributed by atoms with Gasteiger partial charge < -0.3 is 14.8 Å². The molecule has 0 aliphatic carbocycles. The van der Waals surface area contributed by atoms with Gasteiger partial charge in [0, 0.05) is 26.6 Å². The fourth-order valence-electron chi connectivity index (χ4n) is 2.02. The quantitative estimate of drug-likeness (QED) is 0.463. The summed E-state index contributed by atoms with van der Waals surface area (Å²) in [6.45, 7) is 4.76. The van der Waals surface area contributed by atoms with Crippen LogP contribution < -0.4 is 10.0 Å². The molecule has 0 atom stereocenters. The van der Waals surface area contributed by atoms with Crippen LogP contribution in [-0.4, -0.2) is 32.7 Å². The van der Waals surface area contributed by atoms with Gasteiger partial charge in [-0.25, -0.2) is 22.7 Å². The molecule has 1 aliphatic rings. The Morgan fingerprint density at radius 1 is 1.12 bits per heavy atom. The van der Waals surface area contributed by atoms with Crippen molar-refractivity contribution in [3.8, 4) is 0 Å². The van der Waals surface area contributed by atoms with Crippen LogP contribution in [0.5, 0.6) is 0 Å². The zero-order chi connectivity index (χ0) is 18.0. The second kappa shape index (κ2) is 6.62. The van der Waals surface area contributed by atoms with Gasteiger partial charge in [-0.1, -0.05) is 19.1 Å². The average Bonchev–Trinajstić information content (AvgIpc) is 2.45. The van der Waals surface area contributed by atoms with Crippen LogP contribution in [0, 0.1) is 0 Å². The second-order valence-corrected chi connectivity index (χ2v) is 7.11. The highest BCUT2D eigenvalue weighted by atomic mass is 32.2. The topological polar surface area (TPSA) is 111 Å². The molecule has 8 nitrogen and oxygen atoms in total. The molecule has 0 saturated carbocycles. The first-order valence-corrected chi connectivity index (χ1v) is 8.66. The highest BCUT2D eigenvalue weighted by Gasteiger charge is 2.39. The number of carbonyl (C=O) groups is 2. The Morgan fingerprint density at radius 2 is 1.71 bits per heavy atom. The Balaban J connectivity index is 2.30. The van der Waals surface area contributed by atoms with Crippen molar-refractivity contribution in [2.45, 2.75) is 31.5 Å². The highest BCUT2D eigenvalue weighted by molar-refractivity contribution is 7.89. The molecular weight excluding hydrogens is 336 g/mol. The first kappa shape index (κ1) is 18.0. The molecule has 1 aromatic carbocycles. The van der Waals surface area contributed by atoms with Crippen molar-refractivity contribution in [1.82, 2.24) is 4.72 Å². The maximum absolute atomic E-state index is 12.2. The maximum Gasteiger partial charge on any atom is 0.350 e. The molecule has 9 heteroatoms. The van der Waals surface area contributed by atoms with Crippen molar-refractivity contribution in [3.05, 3.63) is 36.0 Å². The summed E-state index contributed by atoms with van der Waals surface area (Å²) in [6.07, 6.45) is 1.07. The lowest BCUT2D eigenvalue weighted by Crippen LogP contribution is -2.42. The molecule has 0 bridgehead atoms. The van der Waals surface area contributed by atoms with E-state index < -0.39 is 27.7 Å². The lowest BCUT2D eigenvalue weighted by molar-refractivity contribution is -0.222. The van der Waals surface area contributed by atoms with Gasteiger partial charge in [0.1, 0.15) is 4.90 Å². The molecule has 0 aromatic heterocycles. The number of sulfonamides is 1. The number of hydrogen-bond donors (Lipinski definition) is 2. The summed E-state index contributed by atoms with van der Waals surface area (Å²) in [6, 6.07) is 6.09. The fourth-order valence-corrected chi connectivity index (χ4v) is 3.23. The van der Waals surface area contributed by atoms with Crippen molar-refractivity contribution in [1.29, 1.82) is 0 Å². The van der Waals surface area contributed by atoms with Gasteiger partial charge in [0.05, 0.1) is 5.69 Å². The molecule has 2 N–H and O–H groups in total. The maximum atomic E-state index is 12.2. The van der Waals surface area contributed by atoms with Crippen molar-refractivity contribution in [2.75, 3.05) is 11.9 Å². The Morgan fingerprint density at radius 3 is 2.29 bits per heavy atom. The Kier molecular flexibility index (Phi) is 4.95. The monoisotopic (exact) mass is 354 g/mol. The number of nitrogens with one attached hydrogen (secondary N) is 2. The van der Waals surface area contributed by atoms with Crippen molar-refractivity contribution in [3.63, 3.8) is 0 Å². The Hall–Kier alpha value is -2.39. The van der Waals surface area contributed by atoms with Gasteiger partial charge in [-0.2, -0.15) is 0 Å². The lowest BCUT2D eigenvalue weighted by atomic mass is 10.2. The van der Waals surface area contributed by atoms with E-state index in [0.717, 1.165) is 6.20 Å². The molecule has 1 fully saturated rings. The molecule has 1 saturated heterocycles. The summed E-state index contributed by atoms with van der Waals surface area (Å²) in [4.78, 5) is 23.7. The van der Waals surface area contributed by atoms with Crippen molar-refractivity contribution in [2.24, 2.45) is 0 Å². The van der Waals surface area contributed by atoms with Gasteiger partial charge >= 0.3 is 11.9 Å². The first-order valence-electron chi connectivity index (χ1n) is 7.18. The smallest absolute Gasteiger partial charge is 0.350 e. The molecule has 24 heavy (non-hydrogen) atoms. The Labute approximate surface area is 139 Å². The molecule has 0 radical (unpaired) electrons. The molecular formula is C15H18N2O6S. The number of anilines is 1. The number of cyclic esters (lactones) is 2. The van der Waals surface area contributed by atoms with Gasteiger partial charge in [0.25, 0.3) is 5.79 Å². The van der Waals surface area contributed by atoms with Crippen LogP contribution >= 0.6 is 0 Å². The average molecular weight is 354 g/mol. The largest absolute Gasteiger partial charge is 0.419 e. The number of hydrogen-bond acceptors (Lipinski definition) is 7. The number of rotatable bonds is 5. The highest BCUT2D eigenvalue weighted by Crippen LogP contribution is 2.24. The summed E-state index contributed by atoms with van der Waals surface area (Å²) >= 11 is 0. The molecule has 1 aliphatic heterocycles. The summed E-state index contributed by atoms with van der Waals surface area (Å²) in [5, 5.41) is 2.65. The zero-order valence-electron chi connectivity index (χ0n) is 13.5. The summed E-state index contributed by atoms with van der Waals surface area (Å²) < 4.78 is 36.6. The number of ether oxygens (including phenoxy) is 2. The third-order valence-corrected chi connectivity index (χ3v) is 4.60. The Bertz CT molecular complexity index is 776. The predicted octanol–water partition coefficient (Wildman–Crippen LogP) is 1.12. The van der Waals surface area contributed by atoms with Gasteiger partial charge in [-0.3, -0.25) is 0 Å². The van der Waals surface area contributed by atoms with E-state index in [0.29, 0.717) is 0 Å². The predicted molar refractivity (Wildman–Crippen MR) is 85.3 cm³/mol. The standard InChI is InChI=1S/C15H18N2O6S/c1-4-17-24(20,21)12-8-6-5-7-11(12)16-9-10-13(18)22-15(2,3)23-14(10)19/h5-9,16-17H,4H2,1-3H3. The molecule has 0 unspecified atom stereocenters. The lowest BCUT2D eigenvalue weighted by Gasteiger charge is -2.29. The summed E-state index contributed by atoms with van der Waals surface area (Å²) in [5.74, 6) is -3.04. The summed E-state index contributed by atoms with van der Waals surface area (Å²) in [7, 11) is -3.71. The van der Waals surface area contributed by atoms with E-state index in [1.54, 1.807) is 19.1 Å². The minimum absolute atomic E-state index is 0.0124. The van der Waals surface area contributed by atoms with Crippen LogP contribution in [0.2, 0.25) is 0 Å². The number of benzene rings is 1. The van der Waals surface area contributed by atoms with Crippen LogP contribution in [0.3, 0.4) is 0 Å². The van der Waals surface area contributed by atoms with E-state index in [-0.39, 0.29) is 22.7 Å².